The van der Waals surface area contributed by atoms with Crippen LogP contribution >= 0.6 is 0 Å². The SMILES string of the molecule is C=Cc1cc2cc(C3CN(C(=O)O)C(OC)(C(=O)O)C3)ccc2cc1OC. The van der Waals surface area contributed by atoms with Crippen molar-refractivity contribution in [3.8, 4) is 5.75 Å². The summed E-state index contributed by atoms with van der Waals surface area (Å²) in [4.78, 5) is 24.2. The van der Waals surface area contributed by atoms with E-state index in [0.29, 0.717) is 5.75 Å². The van der Waals surface area contributed by atoms with E-state index in [-0.39, 0.29) is 18.9 Å². The van der Waals surface area contributed by atoms with Gasteiger partial charge in [-0.25, -0.2) is 9.59 Å². The molecule has 0 spiro atoms. The topological polar surface area (TPSA) is 96.3 Å². The number of ether oxygens (including phenoxy) is 2. The van der Waals surface area contributed by atoms with Crippen molar-refractivity contribution in [1.82, 2.24) is 4.90 Å². The van der Waals surface area contributed by atoms with Gasteiger partial charge in [0, 0.05) is 31.6 Å². The molecule has 1 aliphatic heterocycles. The van der Waals surface area contributed by atoms with Crippen molar-refractivity contribution >= 4 is 28.9 Å². The number of carboxylic acid groups (broad SMARTS) is 2. The van der Waals surface area contributed by atoms with E-state index in [1.165, 1.54) is 7.11 Å². The van der Waals surface area contributed by atoms with Gasteiger partial charge in [0.15, 0.2) is 0 Å². The van der Waals surface area contributed by atoms with Crippen LogP contribution in [0.15, 0.2) is 36.9 Å². The van der Waals surface area contributed by atoms with Crippen LogP contribution in [0.25, 0.3) is 16.8 Å². The Bertz CT molecular complexity index is 924. The van der Waals surface area contributed by atoms with Crippen LogP contribution in [0, 0.1) is 0 Å². The van der Waals surface area contributed by atoms with Gasteiger partial charge in [-0.1, -0.05) is 30.9 Å². The van der Waals surface area contributed by atoms with Crippen molar-refractivity contribution in [1.29, 1.82) is 0 Å². The highest BCUT2D eigenvalue weighted by Gasteiger charge is 2.55. The average molecular weight is 371 g/mol. The number of fused-ring (bicyclic) bond motifs is 1. The molecule has 1 fully saturated rings. The molecule has 2 unspecified atom stereocenters. The van der Waals surface area contributed by atoms with Gasteiger partial charge in [-0.2, -0.15) is 0 Å². The van der Waals surface area contributed by atoms with E-state index in [4.69, 9.17) is 9.47 Å². The standard InChI is InChI=1S/C20H21NO6/c1-4-12-7-15-8-13(5-6-14(15)9-17(12)26-2)16-10-20(27-3,18(22)23)21(11-16)19(24)25/h4-9,16H,1,10-11H2,2-3H3,(H,22,23)(H,24,25). The zero-order valence-electron chi connectivity index (χ0n) is 15.1. The predicted molar refractivity (Wildman–Crippen MR) is 100 cm³/mol. The molecule has 1 amide bonds. The van der Waals surface area contributed by atoms with Gasteiger partial charge in [0.2, 0.25) is 5.72 Å². The molecule has 2 aromatic carbocycles. The molecule has 0 aromatic heterocycles. The van der Waals surface area contributed by atoms with Gasteiger partial charge in [-0.3, -0.25) is 4.90 Å². The van der Waals surface area contributed by atoms with Crippen LogP contribution in [0.1, 0.15) is 23.5 Å². The molecule has 0 aliphatic carbocycles. The van der Waals surface area contributed by atoms with Crippen molar-refractivity contribution < 1.29 is 29.3 Å². The molecule has 0 saturated carbocycles. The minimum absolute atomic E-state index is 0.0428. The van der Waals surface area contributed by atoms with Crippen LogP contribution in [-0.4, -0.2) is 53.7 Å². The van der Waals surface area contributed by atoms with E-state index in [2.05, 4.69) is 6.58 Å². The molecule has 1 heterocycles. The van der Waals surface area contributed by atoms with Crippen molar-refractivity contribution in [2.75, 3.05) is 20.8 Å². The Morgan fingerprint density at radius 1 is 1.22 bits per heavy atom. The minimum Gasteiger partial charge on any atom is -0.496 e. The number of likely N-dealkylation sites (tertiary alicyclic amines) is 1. The van der Waals surface area contributed by atoms with E-state index >= 15 is 0 Å². The molecule has 7 nitrogen and oxygen atoms in total. The van der Waals surface area contributed by atoms with Gasteiger partial charge in [-0.05, 0) is 28.5 Å². The Hall–Kier alpha value is -3.06. The van der Waals surface area contributed by atoms with Gasteiger partial charge < -0.3 is 19.7 Å². The Kier molecular flexibility index (Phi) is 4.80. The Balaban J connectivity index is 2.03. The first-order chi connectivity index (χ1) is 12.9. The highest BCUT2D eigenvalue weighted by molar-refractivity contribution is 5.88. The summed E-state index contributed by atoms with van der Waals surface area (Å²) in [6.45, 7) is 3.84. The molecule has 1 saturated heterocycles. The molecule has 1 aliphatic rings. The van der Waals surface area contributed by atoms with Crippen LogP contribution in [-0.2, 0) is 9.53 Å². The Labute approximate surface area is 156 Å². The molecular weight excluding hydrogens is 350 g/mol. The molecule has 3 rings (SSSR count). The van der Waals surface area contributed by atoms with Gasteiger partial charge in [0.1, 0.15) is 5.75 Å². The number of hydrogen-bond acceptors (Lipinski definition) is 4. The molecule has 27 heavy (non-hydrogen) atoms. The summed E-state index contributed by atoms with van der Waals surface area (Å²) in [5.74, 6) is -0.891. The molecule has 2 N–H and O–H groups in total. The summed E-state index contributed by atoms with van der Waals surface area (Å²) in [6, 6.07) is 9.59. The van der Waals surface area contributed by atoms with Crippen LogP contribution in [0.3, 0.4) is 0 Å². The number of aliphatic carboxylic acids is 1. The maximum atomic E-state index is 11.8. The van der Waals surface area contributed by atoms with Gasteiger partial charge in [0.25, 0.3) is 0 Å². The van der Waals surface area contributed by atoms with Gasteiger partial charge in [0.05, 0.1) is 7.11 Å². The quantitative estimate of drug-likeness (QED) is 0.836. The largest absolute Gasteiger partial charge is 0.496 e. The third-order valence-electron chi connectivity index (χ3n) is 5.17. The van der Waals surface area contributed by atoms with Gasteiger partial charge in [-0.15, -0.1) is 0 Å². The number of benzene rings is 2. The number of methoxy groups -OCH3 is 2. The first-order valence-electron chi connectivity index (χ1n) is 8.39. The van der Waals surface area contributed by atoms with Crippen molar-refractivity contribution in [3.63, 3.8) is 0 Å². The number of carbonyl (C=O) groups is 2. The van der Waals surface area contributed by atoms with Crippen molar-refractivity contribution in [3.05, 3.63) is 48.0 Å². The van der Waals surface area contributed by atoms with Crippen LogP contribution < -0.4 is 4.74 Å². The second-order valence-corrected chi connectivity index (χ2v) is 6.49. The fraction of sp³-hybridized carbons (Fsp3) is 0.300. The minimum atomic E-state index is -1.88. The predicted octanol–water partition coefficient (Wildman–Crippen LogP) is 3.39. The van der Waals surface area contributed by atoms with Crippen molar-refractivity contribution in [2.24, 2.45) is 0 Å². The molecule has 142 valence electrons. The summed E-state index contributed by atoms with van der Waals surface area (Å²) in [6.07, 6.45) is 0.426. The lowest BCUT2D eigenvalue weighted by molar-refractivity contribution is -0.179. The van der Waals surface area contributed by atoms with Crippen molar-refractivity contribution in [2.45, 2.75) is 18.1 Å². The maximum Gasteiger partial charge on any atom is 0.410 e. The summed E-state index contributed by atoms with van der Waals surface area (Å²) in [5, 5.41) is 20.9. The first kappa shape index (κ1) is 18.7. The van der Waals surface area contributed by atoms with E-state index in [9.17, 15) is 19.8 Å². The number of amides is 1. The molecule has 2 atom stereocenters. The van der Waals surface area contributed by atoms with E-state index in [1.807, 2.05) is 30.3 Å². The maximum absolute atomic E-state index is 11.8. The second-order valence-electron chi connectivity index (χ2n) is 6.49. The molecular formula is C20H21NO6. The molecule has 0 radical (unpaired) electrons. The highest BCUT2D eigenvalue weighted by atomic mass is 16.5. The smallest absolute Gasteiger partial charge is 0.410 e. The summed E-state index contributed by atoms with van der Waals surface area (Å²) in [7, 11) is 2.81. The van der Waals surface area contributed by atoms with Crippen LogP contribution in [0.4, 0.5) is 4.79 Å². The zero-order valence-corrected chi connectivity index (χ0v) is 15.1. The number of rotatable bonds is 5. The molecule has 2 aromatic rings. The van der Waals surface area contributed by atoms with Crippen LogP contribution in [0.5, 0.6) is 5.75 Å². The fourth-order valence-electron chi connectivity index (χ4n) is 3.72. The van der Waals surface area contributed by atoms with Crippen LogP contribution in [0.2, 0.25) is 0 Å². The fourth-order valence-corrected chi connectivity index (χ4v) is 3.72. The lowest BCUT2D eigenvalue weighted by Gasteiger charge is -2.30. The average Bonchev–Trinajstić information content (AvgIpc) is 3.08. The Morgan fingerprint density at radius 2 is 1.96 bits per heavy atom. The van der Waals surface area contributed by atoms with Gasteiger partial charge >= 0.3 is 12.1 Å². The first-order valence-corrected chi connectivity index (χ1v) is 8.39. The summed E-state index contributed by atoms with van der Waals surface area (Å²) < 4.78 is 10.5. The molecule has 0 bridgehead atoms. The normalized spacial score (nSPS) is 22.0. The number of nitrogens with zero attached hydrogens (tertiary/aromatic N) is 1. The number of hydrogen-bond donors (Lipinski definition) is 2. The van der Waals surface area contributed by atoms with E-state index < -0.39 is 17.8 Å². The lowest BCUT2D eigenvalue weighted by Crippen LogP contribution is -2.54. The summed E-state index contributed by atoms with van der Waals surface area (Å²) in [5.41, 5.74) is -0.177. The molecule has 7 heteroatoms. The summed E-state index contributed by atoms with van der Waals surface area (Å²) >= 11 is 0. The Morgan fingerprint density at radius 3 is 2.48 bits per heavy atom. The third kappa shape index (κ3) is 3.00. The second kappa shape index (κ2) is 6.92. The monoisotopic (exact) mass is 371 g/mol. The zero-order chi connectivity index (χ0) is 19.8. The number of carboxylic acids is 1. The third-order valence-corrected chi connectivity index (χ3v) is 5.17. The van der Waals surface area contributed by atoms with E-state index in [0.717, 1.165) is 26.8 Å². The highest BCUT2D eigenvalue weighted by Crippen LogP contribution is 2.41. The lowest BCUT2D eigenvalue weighted by atomic mass is 9.92. The van der Waals surface area contributed by atoms with E-state index in [1.54, 1.807) is 13.2 Å².